The lowest BCUT2D eigenvalue weighted by molar-refractivity contribution is -0.125. The molecule has 8 heteroatoms. The Hall–Kier alpha value is -3.52. The van der Waals surface area contributed by atoms with Crippen LogP contribution in [0.25, 0.3) is 21.3 Å². The first-order valence-corrected chi connectivity index (χ1v) is 11.6. The van der Waals surface area contributed by atoms with Crippen LogP contribution in [-0.2, 0) is 11.3 Å². The molecule has 5 rings (SSSR count). The number of nitrogens with zero attached hydrogens (tertiary/aromatic N) is 3. The van der Waals surface area contributed by atoms with Gasteiger partial charge in [0, 0.05) is 43.0 Å². The molecule has 0 spiro atoms. The van der Waals surface area contributed by atoms with Gasteiger partial charge in [-0.05, 0) is 36.1 Å². The van der Waals surface area contributed by atoms with Crippen molar-refractivity contribution >= 4 is 33.4 Å². The van der Waals surface area contributed by atoms with Crippen molar-refractivity contribution < 1.29 is 4.79 Å². The average Bonchev–Trinajstić information content (AvgIpc) is 3.28. The van der Waals surface area contributed by atoms with Crippen molar-refractivity contribution in [2.24, 2.45) is 5.92 Å². The van der Waals surface area contributed by atoms with E-state index in [1.165, 1.54) is 11.3 Å². The van der Waals surface area contributed by atoms with Crippen LogP contribution >= 0.6 is 11.3 Å². The third kappa shape index (κ3) is 4.13. The molecular weight excluding hydrogens is 422 g/mol. The molecule has 0 aliphatic carbocycles. The quantitative estimate of drug-likeness (QED) is 0.490. The summed E-state index contributed by atoms with van der Waals surface area (Å²) in [6.45, 7) is 1.77. The number of rotatable bonds is 5. The topological polar surface area (TPSA) is 91.0 Å². The molecule has 162 valence electrons. The highest BCUT2D eigenvalue weighted by atomic mass is 32.1. The molecule has 7 nitrogen and oxygen atoms in total. The van der Waals surface area contributed by atoms with Gasteiger partial charge in [0.25, 0.3) is 5.56 Å². The first-order chi connectivity index (χ1) is 15.7. The summed E-state index contributed by atoms with van der Waals surface area (Å²) in [4.78, 5) is 39.3. The van der Waals surface area contributed by atoms with Gasteiger partial charge in [-0.15, -0.1) is 11.3 Å². The summed E-state index contributed by atoms with van der Waals surface area (Å²) in [5.41, 5.74) is 3.59. The molecule has 1 aliphatic heterocycles. The summed E-state index contributed by atoms with van der Waals surface area (Å²) in [6, 6.07) is 13.8. The number of hydrogen-bond donors (Lipinski definition) is 2. The number of benzene rings is 1. The molecule has 4 aromatic rings. The van der Waals surface area contributed by atoms with E-state index in [0.29, 0.717) is 29.3 Å². The summed E-state index contributed by atoms with van der Waals surface area (Å²) in [6.07, 6.45) is 5.12. The highest BCUT2D eigenvalue weighted by Crippen LogP contribution is 2.32. The molecule has 0 unspecified atom stereocenters. The number of anilines is 1. The van der Waals surface area contributed by atoms with Crippen LogP contribution in [0, 0.1) is 5.92 Å². The molecule has 1 aromatic carbocycles. The van der Waals surface area contributed by atoms with Crippen molar-refractivity contribution in [3.63, 3.8) is 0 Å². The van der Waals surface area contributed by atoms with Crippen LogP contribution in [0.3, 0.4) is 0 Å². The van der Waals surface area contributed by atoms with E-state index in [4.69, 9.17) is 4.98 Å². The van der Waals surface area contributed by atoms with Crippen LogP contribution < -0.4 is 15.8 Å². The van der Waals surface area contributed by atoms with Crippen molar-refractivity contribution in [3.05, 3.63) is 76.2 Å². The van der Waals surface area contributed by atoms with E-state index < -0.39 is 0 Å². The van der Waals surface area contributed by atoms with Gasteiger partial charge in [-0.2, -0.15) is 0 Å². The molecule has 3 aromatic heterocycles. The minimum absolute atomic E-state index is 0.0236. The van der Waals surface area contributed by atoms with E-state index in [1.807, 2.05) is 52.7 Å². The van der Waals surface area contributed by atoms with Crippen LogP contribution in [-0.4, -0.2) is 33.9 Å². The predicted octanol–water partition coefficient (Wildman–Crippen LogP) is 3.58. The number of piperidine rings is 1. The van der Waals surface area contributed by atoms with Gasteiger partial charge in [-0.25, -0.2) is 4.98 Å². The third-order valence-corrected chi connectivity index (χ3v) is 6.77. The SMILES string of the molecule is O=C(NCc1ccncc1)[C@@H]1CCCN(c2nc3c(-c4ccccc4)csc3c(=O)[nH]2)C1. The fourth-order valence-corrected chi connectivity index (χ4v) is 5.01. The molecule has 1 fully saturated rings. The zero-order valence-electron chi connectivity index (χ0n) is 17.5. The molecule has 4 heterocycles. The lowest BCUT2D eigenvalue weighted by Crippen LogP contribution is -2.44. The molecule has 1 aliphatic rings. The van der Waals surface area contributed by atoms with E-state index in [9.17, 15) is 9.59 Å². The minimum Gasteiger partial charge on any atom is -0.352 e. The summed E-state index contributed by atoms with van der Waals surface area (Å²) in [7, 11) is 0. The van der Waals surface area contributed by atoms with Gasteiger partial charge in [-0.3, -0.25) is 19.6 Å². The van der Waals surface area contributed by atoms with Crippen LogP contribution in [0.1, 0.15) is 18.4 Å². The Bertz CT molecular complexity index is 1290. The Kier molecular flexibility index (Phi) is 5.68. The van der Waals surface area contributed by atoms with Gasteiger partial charge in [0.15, 0.2) is 0 Å². The number of carbonyl (C=O) groups is 1. The number of fused-ring (bicyclic) bond motifs is 1. The predicted molar refractivity (Wildman–Crippen MR) is 127 cm³/mol. The highest BCUT2D eigenvalue weighted by Gasteiger charge is 2.27. The first kappa shape index (κ1) is 20.4. The first-order valence-electron chi connectivity index (χ1n) is 10.7. The van der Waals surface area contributed by atoms with Crippen molar-refractivity contribution in [1.29, 1.82) is 0 Å². The number of aromatic amines is 1. The highest BCUT2D eigenvalue weighted by molar-refractivity contribution is 7.17. The zero-order valence-corrected chi connectivity index (χ0v) is 18.3. The second-order valence-electron chi connectivity index (χ2n) is 7.94. The van der Waals surface area contributed by atoms with Crippen LogP contribution in [0.15, 0.2) is 65.0 Å². The average molecular weight is 446 g/mol. The summed E-state index contributed by atoms with van der Waals surface area (Å²) in [5, 5.41) is 5.01. The lowest BCUT2D eigenvalue weighted by atomic mass is 9.97. The van der Waals surface area contributed by atoms with Gasteiger partial charge >= 0.3 is 0 Å². The largest absolute Gasteiger partial charge is 0.352 e. The number of hydrogen-bond acceptors (Lipinski definition) is 6. The summed E-state index contributed by atoms with van der Waals surface area (Å²) < 4.78 is 0.622. The molecule has 32 heavy (non-hydrogen) atoms. The van der Waals surface area contributed by atoms with Crippen molar-refractivity contribution in [1.82, 2.24) is 20.3 Å². The Morgan fingerprint density at radius 2 is 2.00 bits per heavy atom. The van der Waals surface area contributed by atoms with Gasteiger partial charge in [0.05, 0.1) is 11.4 Å². The Labute approximate surface area is 189 Å². The van der Waals surface area contributed by atoms with Crippen molar-refractivity contribution in [2.75, 3.05) is 18.0 Å². The third-order valence-electron chi connectivity index (χ3n) is 5.81. The van der Waals surface area contributed by atoms with E-state index >= 15 is 0 Å². The maximum atomic E-state index is 12.8. The van der Waals surface area contributed by atoms with E-state index in [0.717, 1.165) is 36.1 Å². The van der Waals surface area contributed by atoms with Gasteiger partial charge in [0.2, 0.25) is 11.9 Å². The fraction of sp³-hybridized carbons (Fsp3) is 0.250. The molecule has 0 bridgehead atoms. The van der Waals surface area contributed by atoms with Crippen LogP contribution in [0.2, 0.25) is 0 Å². The smallest absolute Gasteiger partial charge is 0.270 e. The number of H-pyrrole nitrogens is 1. The maximum Gasteiger partial charge on any atom is 0.270 e. The maximum absolute atomic E-state index is 12.8. The molecule has 1 saturated heterocycles. The number of pyridine rings is 1. The Balaban J connectivity index is 1.36. The van der Waals surface area contributed by atoms with E-state index in [2.05, 4.69) is 15.3 Å². The zero-order chi connectivity index (χ0) is 21.9. The number of aromatic nitrogens is 3. The fourth-order valence-electron chi connectivity index (χ4n) is 4.11. The van der Waals surface area contributed by atoms with Crippen molar-refractivity contribution in [2.45, 2.75) is 19.4 Å². The van der Waals surface area contributed by atoms with Gasteiger partial charge in [0.1, 0.15) is 4.70 Å². The number of amides is 1. The summed E-state index contributed by atoms with van der Waals surface area (Å²) in [5.74, 6) is 0.405. The molecule has 1 atom stereocenters. The minimum atomic E-state index is -0.150. The molecule has 1 amide bonds. The molecule has 0 saturated carbocycles. The van der Waals surface area contributed by atoms with Crippen LogP contribution in [0.5, 0.6) is 0 Å². The lowest BCUT2D eigenvalue weighted by Gasteiger charge is -2.32. The molecule has 0 radical (unpaired) electrons. The normalized spacial score (nSPS) is 16.2. The van der Waals surface area contributed by atoms with Gasteiger partial charge < -0.3 is 10.2 Å². The second-order valence-corrected chi connectivity index (χ2v) is 8.82. The van der Waals surface area contributed by atoms with Crippen LogP contribution in [0.4, 0.5) is 5.95 Å². The number of thiophene rings is 1. The monoisotopic (exact) mass is 445 g/mol. The molecule has 2 N–H and O–H groups in total. The summed E-state index contributed by atoms with van der Waals surface area (Å²) >= 11 is 1.41. The second kappa shape index (κ2) is 8.92. The number of nitrogens with one attached hydrogen (secondary N) is 2. The number of carbonyl (C=O) groups excluding carboxylic acids is 1. The van der Waals surface area contributed by atoms with E-state index in [-0.39, 0.29) is 17.4 Å². The van der Waals surface area contributed by atoms with Gasteiger partial charge in [-0.1, -0.05) is 30.3 Å². The Morgan fingerprint density at radius 3 is 2.81 bits per heavy atom. The Morgan fingerprint density at radius 1 is 1.19 bits per heavy atom. The standard InChI is InChI=1S/C24H23N5O2S/c30-22(26-13-16-8-10-25-11-9-16)18-7-4-12-29(14-18)24-27-20-19(17-5-2-1-3-6-17)15-32-21(20)23(31)28-24/h1-3,5-6,8-11,15,18H,4,7,12-14H2,(H,26,30)(H,27,28,31)/t18-/m1/s1. The van der Waals surface area contributed by atoms with E-state index in [1.54, 1.807) is 12.4 Å². The molecular formula is C24H23N5O2S. The van der Waals surface area contributed by atoms with Crippen molar-refractivity contribution in [3.8, 4) is 11.1 Å².